The number of para-hydroxylation sites is 1. The average molecular weight is 533 g/mol. The van der Waals surface area contributed by atoms with Gasteiger partial charge in [0.15, 0.2) is 17.3 Å². The van der Waals surface area contributed by atoms with Gasteiger partial charge in [-0.2, -0.15) is 0 Å². The van der Waals surface area contributed by atoms with Gasteiger partial charge in [0, 0.05) is 34.9 Å². The van der Waals surface area contributed by atoms with Crippen LogP contribution in [0.4, 0.5) is 11.4 Å². The molecule has 1 spiro atoms. The normalized spacial score (nSPS) is 22.1. The van der Waals surface area contributed by atoms with Crippen LogP contribution in [0.1, 0.15) is 47.4 Å². The average Bonchev–Trinajstić information content (AvgIpc) is 3.66. The SMILES string of the molecule is O=C(c1cccs1)[C@H]1[C@H](c2ccc([N+](=O)[O-])cc2)C2(C(=O)c3ccccc3C2=O)C2C=Cc3ccccc3N21. The molecule has 3 aliphatic rings. The Morgan fingerprint density at radius 2 is 1.54 bits per heavy atom. The van der Waals surface area contributed by atoms with Gasteiger partial charge in [-0.05, 0) is 28.6 Å². The number of benzene rings is 3. The van der Waals surface area contributed by atoms with Crippen LogP contribution in [-0.2, 0) is 0 Å². The van der Waals surface area contributed by atoms with Crippen LogP contribution in [0.15, 0.2) is 96.4 Å². The number of hydrogen-bond acceptors (Lipinski definition) is 7. The predicted octanol–water partition coefficient (Wildman–Crippen LogP) is 5.97. The third kappa shape index (κ3) is 3.06. The Morgan fingerprint density at radius 1 is 0.872 bits per heavy atom. The molecule has 3 aromatic carbocycles. The van der Waals surface area contributed by atoms with E-state index in [1.165, 1.54) is 23.5 Å². The molecule has 39 heavy (non-hydrogen) atoms. The van der Waals surface area contributed by atoms with Gasteiger partial charge in [-0.1, -0.05) is 72.8 Å². The fraction of sp³-hybridized carbons (Fsp3) is 0.129. The van der Waals surface area contributed by atoms with Crippen molar-refractivity contribution in [2.75, 3.05) is 4.90 Å². The molecule has 0 radical (unpaired) electrons. The van der Waals surface area contributed by atoms with Crippen LogP contribution < -0.4 is 4.90 Å². The summed E-state index contributed by atoms with van der Waals surface area (Å²) in [5, 5.41) is 13.3. The lowest BCUT2D eigenvalue weighted by Crippen LogP contribution is -2.48. The van der Waals surface area contributed by atoms with Crippen LogP contribution in [0.5, 0.6) is 0 Å². The molecule has 0 bridgehead atoms. The number of non-ortho nitro benzene ring substituents is 1. The Balaban J connectivity index is 1.54. The Kier molecular flexibility index (Phi) is 5.05. The standard InChI is InChI=1S/C31H20N2O5S/c34-28(24-10-5-17-39-24)27-26(19-11-14-20(15-12-19)33(37)38)31(29(35)21-7-2-3-8-22(21)30(31)36)25-16-13-18-6-1-4-9-23(18)32(25)27/h1-17,25-27H/t25?,26-,27+/m0/s1. The number of ketones is 3. The molecule has 1 aliphatic carbocycles. The fourth-order valence-corrected chi connectivity index (χ4v) is 7.36. The zero-order valence-electron chi connectivity index (χ0n) is 20.4. The Hall–Kier alpha value is -4.69. The minimum absolute atomic E-state index is 0.109. The van der Waals surface area contributed by atoms with Gasteiger partial charge in [-0.15, -0.1) is 11.3 Å². The first kappa shape index (κ1) is 23.4. The topological polar surface area (TPSA) is 97.6 Å². The van der Waals surface area contributed by atoms with Crippen LogP contribution >= 0.6 is 11.3 Å². The second-order valence-corrected chi connectivity index (χ2v) is 10.9. The van der Waals surface area contributed by atoms with Crippen molar-refractivity contribution in [3.8, 4) is 0 Å². The summed E-state index contributed by atoms with van der Waals surface area (Å²) in [7, 11) is 0. The van der Waals surface area contributed by atoms with Crippen molar-refractivity contribution in [1.29, 1.82) is 0 Å². The van der Waals surface area contributed by atoms with Gasteiger partial charge in [0.2, 0.25) is 0 Å². The first-order chi connectivity index (χ1) is 18.9. The lowest BCUT2D eigenvalue weighted by Gasteiger charge is -2.37. The highest BCUT2D eigenvalue weighted by Crippen LogP contribution is 2.61. The molecule has 1 unspecified atom stereocenters. The van der Waals surface area contributed by atoms with Gasteiger partial charge in [-0.25, -0.2) is 0 Å². The molecule has 0 N–H and O–H groups in total. The zero-order chi connectivity index (χ0) is 26.9. The highest BCUT2D eigenvalue weighted by atomic mass is 32.1. The number of Topliss-reactive ketones (excluding diaryl/α,β-unsaturated/α-hetero) is 3. The largest absolute Gasteiger partial charge is 0.352 e. The summed E-state index contributed by atoms with van der Waals surface area (Å²) in [5.41, 5.74) is 1.12. The lowest BCUT2D eigenvalue weighted by molar-refractivity contribution is -0.384. The Labute approximate surface area is 227 Å². The van der Waals surface area contributed by atoms with E-state index in [0.29, 0.717) is 21.6 Å². The molecular formula is C31H20N2O5S. The molecule has 0 saturated carbocycles. The van der Waals surface area contributed by atoms with Crippen molar-refractivity contribution < 1.29 is 19.3 Å². The van der Waals surface area contributed by atoms with E-state index in [-0.39, 0.29) is 23.0 Å². The van der Waals surface area contributed by atoms with E-state index < -0.39 is 28.3 Å². The van der Waals surface area contributed by atoms with Crippen molar-refractivity contribution in [2.24, 2.45) is 5.41 Å². The number of anilines is 1. The molecule has 8 heteroatoms. The number of nitrogens with zero attached hydrogens (tertiary/aromatic N) is 2. The Bertz CT molecular complexity index is 1690. The molecule has 1 aromatic heterocycles. The van der Waals surface area contributed by atoms with Gasteiger partial charge in [0.1, 0.15) is 11.5 Å². The number of thiophene rings is 1. The maximum absolute atomic E-state index is 14.5. The van der Waals surface area contributed by atoms with E-state index in [2.05, 4.69) is 0 Å². The van der Waals surface area contributed by atoms with E-state index in [9.17, 15) is 24.5 Å². The van der Waals surface area contributed by atoms with Crippen molar-refractivity contribution in [3.05, 3.63) is 134 Å². The smallest absolute Gasteiger partial charge is 0.269 e. The molecule has 7 rings (SSSR count). The molecule has 0 amide bonds. The highest BCUT2D eigenvalue weighted by molar-refractivity contribution is 7.12. The molecule has 1 saturated heterocycles. The predicted molar refractivity (Wildman–Crippen MR) is 148 cm³/mol. The van der Waals surface area contributed by atoms with Gasteiger partial charge >= 0.3 is 0 Å². The summed E-state index contributed by atoms with van der Waals surface area (Å²) in [6.07, 6.45) is 3.77. The fourth-order valence-electron chi connectivity index (χ4n) is 6.66. The summed E-state index contributed by atoms with van der Waals surface area (Å²) in [5.74, 6) is -1.74. The van der Waals surface area contributed by atoms with Crippen molar-refractivity contribution in [2.45, 2.75) is 18.0 Å². The maximum atomic E-state index is 14.5. The number of nitro benzene ring substituents is 1. The third-order valence-electron chi connectivity index (χ3n) is 8.21. The second kappa shape index (κ2) is 8.41. The van der Waals surface area contributed by atoms with Crippen LogP contribution in [0.3, 0.4) is 0 Å². The van der Waals surface area contributed by atoms with Gasteiger partial charge in [-0.3, -0.25) is 24.5 Å². The van der Waals surface area contributed by atoms with Crippen molar-refractivity contribution in [3.63, 3.8) is 0 Å². The molecule has 2 aliphatic heterocycles. The molecule has 7 nitrogen and oxygen atoms in total. The van der Waals surface area contributed by atoms with E-state index in [1.807, 2.05) is 46.7 Å². The third-order valence-corrected chi connectivity index (χ3v) is 9.09. The van der Waals surface area contributed by atoms with Crippen LogP contribution in [0, 0.1) is 15.5 Å². The molecule has 190 valence electrons. The van der Waals surface area contributed by atoms with E-state index in [4.69, 9.17) is 0 Å². The van der Waals surface area contributed by atoms with Crippen LogP contribution in [0.2, 0.25) is 0 Å². The summed E-state index contributed by atoms with van der Waals surface area (Å²) in [6, 6.07) is 22.2. The summed E-state index contributed by atoms with van der Waals surface area (Å²) < 4.78 is 0. The van der Waals surface area contributed by atoms with E-state index in [0.717, 1.165) is 11.3 Å². The molecule has 3 atom stereocenters. The van der Waals surface area contributed by atoms with Crippen molar-refractivity contribution in [1.82, 2.24) is 0 Å². The quantitative estimate of drug-likeness (QED) is 0.139. The van der Waals surface area contributed by atoms with Gasteiger partial charge in [0.05, 0.1) is 15.8 Å². The lowest BCUT2D eigenvalue weighted by atomic mass is 9.64. The number of nitro groups is 1. The maximum Gasteiger partial charge on any atom is 0.269 e. The highest BCUT2D eigenvalue weighted by Gasteiger charge is 2.71. The summed E-state index contributed by atoms with van der Waals surface area (Å²) in [6.45, 7) is 0. The monoisotopic (exact) mass is 532 g/mol. The number of rotatable bonds is 4. The molecule has 4 aromatic rings. The zero-order valence-corrected chi connectivity index (χ0v) is 21.2. The van der Waals surface area contributed by atoms with Crippen LogP contribution in [-0.4, -0.2) is 34.4 Å². The number of hydrogen-bond donors (Lipinski definition) is 0. The first-order valence-corrected chi connectivity index (χ1v) is 13.4. The minimum atomic E-state index is -1.62. The number of fused-ring (bicyclic) bond motifs is 5. The molecular weight excluding hydrogens is 512 g/mol. The van der Waals surface area contributed by atoms with E-state index in [1.54, 1.807) is 48.5 Å². The molecule has 1 fully saturated rings. The summed E-state index contributed by atoms with van der Waals surface area (Å²) >= 11 is 1.31. The molecule has 3 heterocycles. The van der Waals surface area contributed by atoms with Crippen molar-refractivity contribution >= 4 is 46.1 Å². The first-order valence-electron chi connectivity index (χ1n) is 12.5. The summed E-state index contributed by atoms with van der Waals surface area (Å²) in [4.78, 5) is 56.8. The van der Waals surface area contributed by atoms with Crippen LogP contribution in [0.25, 0.3) is 6.08 Å². The van der Waals surface area contributed by atoms with Gasteiger partial charge in [0.25, 0.3) is 5.69 Å². The van der Waals surface area contributed by atoms with Gasteiger partial charge < -0.3 is 4.90 Å². The minimum Gasteiger partial charge on any atom is -0.352 e. The second-order valence-electron chi connectivity index (χ2n) is 9.96. The Morgan fingerprint density at radius 3 is 2.18 bits per heavy atom. The number of carbonyl (C=O) groups excluding carboxylic acids is 3. The number of carbonyl (C=O) groups is 3. The van der Waals surface area contributed by atoms with E-state index >= 15 is 0 Å².